The summed E-state index contributed by atoms with van der Waals surface area (Å²) in [4.78, 5) is -0.418. The Balaban J connectivity index is 2.89. The van der Waals surface area contributed by atoms with Crippen LogP contribution in [0.2, 0.25) is 0 Å². The van der Waals surface area contributed by atoms with Crippen molar-refractivity contribution in [3.8, 4) is 0 Å². The molecule has 1 atom stereocenters. The summed E-state index contributed by atoms with van der Waals surface area (Å²) in [6.07, 6.45) is 0. The lowest BCUT2D eigenvalue weighted by Gasteiger charge is -2.12. The molecular formula is C10H14F2N2O2S. The minimum Gasteiger partial charge on any atom is -0.316 e. The maximum atomic E-state index is 12.9. The van der Waals surface area contributed by atoms with Crippen molar-refractivity contribution in [1.82, 2.24) is 10.0 Å². The van der Waals surface area contributed by atoms with Crippen molar-refractivity contribution in [2.24, 2.45) is 0 Å². The number of benzene rings is 1. The summed E-state index contributed by atoms with van der Waals surface area (Å²) in [5.41, 5.74) is 0. The Morgan fingerprint density at radius 2 is 1.76 bits per heavy atom. The summed E-state index contributed by atoms with van der Waals surface area (Å²) in [6.45, 7) is 1.91. The van der Waals surface area contributed by atoms with E-state index in [1.54, 1.807) is 14.0 Å². The number of nitrogens with one attached hydrogen (secondary N) is 2. The molecule has 1 rings (SSSR count). The molecule has 7 heteroatoms. The lowest BCUT2D eigenvalue weighted by Crippen LogP contribution is -2.37. The average Bonchev–Trinajstić information content (AvgIpc) is 2.24. The zero-order valence-electron chi connectivity index (χ0n) is 9.50. The summed E-state index contributed by atoms with van der Waals surface area (Å²) in [5, 5.41) is 2.84. The zero-order valence-corrected chi connectivity index (χ0v) is 10.3. The average molecular weight is 264 g/mol. The van der Waals surface area contributed by atoms with Crippen molar-refractivity contribution in [1.29, 1.82) is 0 Å². The van der Waals surface area contributed by atoms with E-state index in [1.807, 2.05) is 0 Å². The standard InChI is InChI=1S/C10H14F2N2O2S/c1-7(13-2)6-14-17(15,16)10-4-8(11)3-9(12)5-10/h3-5,7,13-14H,6H2,1-2H3. The van der Waals surface area contributed by atoms with Crippen LogP contribution in [-0.2, 0) is 10.0 Å². The molecule has 0 aromatic heterocycles. The molecule has 0 radical (unpaired) electrons. The quantitative estimate of drug-likeness (QED) is 0.829. The highest BCUT2D eigenvalue weighted by molar-refractivity contribution is 7.89. The second-order valence-corrected chi connectivity index (χ2v) is 5.41. The van der Waals surface area contributed by atoms with Gasteiger partial charge in [0.05, 0.1) is 4.90 Å². The first-order valence-corrected chi connectivity index (χ1v) is 6.46. The molecule has 0 aliphatic rings. The van der Waals surface area contributed by atoms with E-state index in [2.05, 4.69) is 10.0 Å². The smallest absolute Gasteiger partial charge is 0.240 e. The molecule has 0 aliphatic heterocycles. The molecule has 1 unspecified atom stereocenters. The first-order chi connectivity index (χ1) is 7.85. The number of hydrogen-bond acceptors (Lipinski definition) is 3. The third-order valence-corrected chi connectivity index (χ3v) is 3.62. The summed E-state index contributed by atoms with van der Waals surface area (Å²) in [7, 11) is -2.20. The lowest BCUT2D eigenvalue weighted by molar-refractivity contribution is 0.546. The molecule has 0 aliphatic carbocycles. The van der Waals surface area contributed by atoms with E-state index in [0.29, 0.717) is 6.07 Å². The van der Waals surface area contributed by atoms with Crippen LogP contribution in [-0.4, -0.2) is 28.1 Å². The van der Waals surface area contributed by atoms with Crippen molar-refractivity contribution in [2.45, 2.75) is 17.9 Å². The molecule has 2 N–H and O–H groups in total. The molecule has 1 aromatic carbocycles. The van der Waals surface area contributed by atoms with Gasteiger partial charge in [-0.3, -0.25) is 0 Å². The van der Waals surface area contributed by atoms with Crippen molar-refractivity contribution in [3.63, 3.8) is 0 Å². The Bertz CT molecular complexity index is 471. The normalized spacial score (nSPS) is 13.6. The van der Waals surface area contributed by atoms with Crippen molar-refractivity contribution >= 4 is 10.0 Å². The molecule has 4 nitrogen and oxygen atoms in total. The van der Waals surface area contributed by atoms with E-state index in [4.69, 9.17) is 0 Å². The van der Waals surface area contributed by atoms with Crippen LogP contribution in [0.15, 0.2) is 23.1 Å². The van der Waals surface area contributed by atoms with Crippen LogP contribution in [0.5, 0.6) is 0 Å². The Hall–Kier alpha value is -1.05. The predicted octanol–water partition coefficient (Wildman–Crippen LogP) is 0.851. The van der Waals surface area contributed by atoms with Crippen molar-refractivity contribution in [3.05, 3.63) is 29.8 Å². The van der Waals surface area contributed by atoms with Gasteiger partial charge in [0.1, 0.15) is 11.6 Å². The van der Waals surface area contributed by atoms with Crippen molar-refractivity contribution in [2.75, 3.05) is 13.6 Å². The van der Waals surface area contributed by atoms with Gasteiger partial charge in [-0.1, -0.05) is 0 Å². The van der Waals surface area contributed by atoms with Gasteiger partial charge in [0.15, 0.2) is 0 Å². The highest BCUT2D eigenvalue weighted by Crippen LogP contribution is 2.13. The molecule has 0 saturated heterocycles. The van der Waals surface area contributed by atoms with Gasteiger partial charge in [0.25, 0.3) is 0 Å². The highest BCUT2D eigenvalue weighted by Gasteiger charge is 2.16. The lowest BCUT2D eigenvalue weighted by atomic mass is 10.3. The van der Waals surface area contributed by atoms with Gasteiger partial charge in [-0.15, -0.1) is 0 Å². The Morgan fingerprint density at radius 1 is 1.24 bits per heavy atom. The fourth-order valence-electron chi connectivity index (χ4n) is 1.10. The van der Waals surface area contributed by atoms with Gasteiger partial charge in [0, 0.05) is 18.7 Å². The first kappa shape index (κ1) is 14.0. The number of sulfonamides is 1. The minimum absolute atomic E-state index is 0.0804. The molecule has 0 spiro atoms. The highest BCUT2D eigenvalue weighted by atomic mass is 32.2. The van der Waals surface area contributed by atoms with Crippen LogP contribution < -0.4 is 10.0 Å². The third kappa shape index (κ3) is 4.03. The number of hydrogen-bond donors (Lipinski definition) is 2. The summed E-state index contributed by atoms with van der Waals surface area (Å²) >= 11 is 0. The van der Waals surface area contributed by atoms with Gasteiger partial charge in [-0.2, -0.15) is 0 Å². The Kier molecular flexibility index (Phi) is 4.55. The largest absolute Gasteiger partial charge is 0.316 e. The number of rotatable bonds is 5. The molecule has 0 saturated carbocycles. The van der Waals surface area contributed by atoms with Crippen LogP contribution >= 0.6 is 0 Å². The van der Waals surface area contributed by atoms with E-state index < -0.39 is 26.6 Å². The van der Waals surface area contributed by atoms with Crippen LogP contribution in [0.25, 0.3) is 0 Å². The molecule has 1 aromatic rings. The maximum absolute atomic E-state index is 12.9. The first-order valence-electron chi connectivity index (χ1n) is 4.98. The third-order valence-electron chi connectivity index (χ3n) is 2.22. The predicted molar refractivity (Wildman–Crippen MR) is 60.1 cm³/mol. The van der Waals surface area contributed by atoms with Crippen LogP contribution in [0.3, 0.4) is 0 Å². The summed E-state index contributed by atoms with van der Waals surface area (Å²) < 4.78 is 51.4. The maximum Gasteiger partial charge on any atom is 0.240 e. The molecular weight excluding hydrogens is 250 g/mol. The fraction of sp³-hybridized carbons (Fsp3) is 0.400. The van der Waals surface area contributed by atoms with E-state index in [1.165, 1.54) is 0 Å². The second-order valence-electron chi connectivity index (χ2n) is 3.65. The van der Waals surface area contributed by atoms with Crippen molar-refractivity contribution < 1.29 is 17.2 Å². The number of likely N-dealkylation sites (N-methyl/N-ethyl adjacent to an activating group) is 1. The van der Waals surface area contributed by atoms with Gasteiger partial charge >= 0.3 is 0 Å². The van der Waals surface area contributed by atoms with Crippen LogP contribution in [0.1, 0.15) is 6.92 Å². The van der Waals surface area contributed by atoms with Gasteiger partial charge in [-0.25, -0.2) is 21.9 Å². The topological polar surface area (TPSA) is 58.2 Å². The summed E-state index contributed by atoms with van der Waals surface area (Å²) in [6, 6.07) is 2.09. The fourth-order valence-corrected chi connectivity index (χ4v) is 2.28. The molecule has 0 heterocycles. The van der Waals surface area contributed by atoms with Crippen LogP contribution in [0, 0.1) is 11.6 Å². The molecule has 0 fully saturated rings. The molecule has 17 heavy (non-hydrogen) atoms. The molecule has 0 bridgehead atoms. The minimum atomic E-state index is -3.88. The monoisotopic (exact) mass is 264 g/mol. The zero-order chi connectivity index (χ0) is 13.1. The van der Waals surface area contributed by atoms with E-state index in [0.717, 1.165) is 12.1 Å². The van der Waals surface area contributed by atoms with Crippen LogP contribution in [0.4, 0.5) is 8.78 Å². The van der Waals surface area contributed by atoms with E-state index in [9.17, 15) is 17.2 Å². The SMILES string of the molecule is CNC(C)CNS(=O)(=O)c1cc(F)cc(F)c1. The Morgan fingerprint density at radius 3 is 2.24 bits per heavy atom. The van der Waals surface area contributed by atoms with E-state index >= 15 is 0 Å². The number of halogens is 2. The Labute approximate surface area is 99.1 Å². The van der Waals surface area contributed by atoms with Gasteiger partial charge in [-0.05, 0) is 26.1 Å². The summed E-state index contributed by atoms with van der Waals surface area (Å²) in [5.74, 6) is -1.85. The second kappa shape index (κ2) is 5.52. The van der Waals surface area contributed by atoms with Gasteiger partial charge in [0.2, 0.25) is 10.0 Å². The molecule has 96 valence electrons. The molecule has 0 amide bonds. The van der Waals surface area contributed by atoms with E-state index in [-0.39, 0.29) is 12.6 Å². The van der Waals surface area contributed by atoms with Gasteiger partial charge < -0.3 is 5.32 Å².